The number of aromatic nitrogens is 2. The lowest BCUT2D eigenvalue weighted by Gasteiger charge is -2.29. The lowest BCUT2D eigenvalue weighted by molar-refractivity contribution is 0.0466. The van der Waals surface area contributed by atoms with Crippen molar-refractivity contribution in [3.05, 3.63) is 18.2 Å². The summed E-state index contributed by atoms with van der Waals surface area (Å²) in [5.41, 5.74) is -0.0436. The normalized spacial score (nSPS) is 12.3. The Morgan fingerprint density at radius 1 is 1.37 bits per heavy atom. The summed E-state index contributed by atoms with van der Waals surface area (Å²) in [6.45, 7) is 12.4. The van der Waals surface area contributed by atoms with Gasteiger partial charge in [0.1, 0.15) is 5.60 Å². The lowest BCUT2D eigenvalue weighted by atomic mass is 10.0. The van der Waals surface area contributed by atoms with Crippen molar-refractivity contribution in [1.29, 1.82) is 0 Å². The Morgan fingerprint density at radius 3 is 2.53 bits per heavy atom. The molecular formula is C14H25N3O2. The van der Waals surface area contributed by atoms with Crippen molar-refractivity contribution in [3.8, 4) is 0 Å². The van der Waals surface area contributed by atoms with E-state index < -0.39 is 17.2 Å². The van der Waals surface area contributed by atoms with E-state index >= 15 is 0 Å². The Kier molecular flexibility index (Phi) is 4.61. The topological polar surface area (TPSA) is 56.2 Å². The fraction of sp³-hybridized carbons (Fsp3) is 0.714. The number of alkyl carbamates (subject to hydrolysis) is 1. The second-order valence-electron chi connectivity index (χ2n) is 6.22. The average Bonchev–Trinajstić information content (AvgIpc) is 2.62. The van der Waals surface area contributed by atoms with Gasteiger partial charge in [0.2, 0.25) is 0 Å². The van der Waals surface area contributed by atoms with E-state index in [9.17, 15) is 4.79 Å². The van der Waals surface area contributed by atoms with Gasteiger partial charge in [-0.1, -0.05) is 6.92 Å². The summed E-state index contributed by atoms with van der Waals surface area (Å²) < 4.78 is 7.34. The monoisotopic (exact) mass is 267 g/mol. The van der Waals surface area contributed by atoms with E-state index in [0.717, 1.165) is 18.7 Å². The van der Waals surface area contributed by atoms with Crippen molar-refractivity contribution in [2.45, 2.75) is 65.6 Å². The molecule has 1 N–H and O–H groups in total. The van der Waals surface area contributed by atoms with Gasteiger partial charge in [-0.15, -0.1) is 0 Å². The number of carbonyl (C=O) groups excluding carboxylic acids is 1. The van der Waals surface area contributed by atoms with Crippen molar-refractivity contribution < 1.29 is 9.53 Å². The van der Waals surface area contributed by atoms with E-state index in [-0.39, 0.29) is 0 Å². The van der Waals surface area contributed by atoms with Crippen LogP contribution in [0.15, 0.2) is 12.5 Å². The first kappa shape index (κ1) is 15.5. The number of ether oxygens (including phenoxy) is 1. The standard InChI is InChI=1S/C14H25N3O2/c1-7-8-17-10-15-9-11(17)14(5,6)16-12(18)19-13(2,3)4/h9-10H,7-8H2,1-6H3,(H,16,18). The van der Waals surface area contributed by atoms with Gasteiger partial charge in [0.15, 0.2) is 0 Å². The molecule has 0 saturated heterocycles. The lowest BCUT2D eigenvalue weighted by Crippen LogP contribution is -2.44. The summed E-state index contributed by atoms with van der Waals surface area (Å²) in [4.78, 5) is 16.0. The Bertz CT molecular complexity index is 430. The molecule has 0 bridgehead atoms. The van der Waals surface area contributed by atoms with E-state index in [1.165, 1.54) is 0 Å². The SMILES string of the molecule is CCCn1cncc1C(C)(C)NC(=O)OC(C)(C)C. The van der Waals surface area contributed by atoms with Crippen LogP contribution in [0.5, 0.6) is 0 Å². The molecule has 0 saturated carbocycles. The van der Waals surface area contributed by atoms with Gasteiger partial charge in [0.05, 0.1) is 23.8 Å². The Balaban J connectivity index is 2.80. The predicted octanol–water partition coefficient (Wildman–Crippen LogP) is 3.05. The fourth-order valence-corrected chi connectivity index (χ4v) is 1.88. The highest BCUT2D eigenvalue weighted by Gasteiger charge is 2.28. The zero-order chi connectivity index (χ0) is 14.7. The van der Waals surface area contributed by atoms with Gasteiger partial charge in [-0.3, -0.25) is 0 Å². The summed E-state index contributed by atoms with van der Waals surface area (Å²) in [5.74, 6) is 0. The van der Waals surface area contributed by atoms with Crippen LogP contribution in [0, 0.1) is 0 Å². The van der Waals surface area contributed by atoms with Crippen LogP contribution in [0.2, 0.25) is 0 Å². The Morgan fingerprint density at radius 2 is 2.00 bits per heavy atom. The quantitative estimate of drug-likeness (QED) is 0.912. The van der Waals surface area contributed by atoms with E-state index in [2.05, 4.69) is 21.8 Å². The third-order valence-corrected chi connectivity index (χ3v) is 2.63. The van der Waals surface area contributed by atoms with E-state index in [1.54, 1.807) is 12.5 Å². The van der Waals surface area contributed by atoms with Gasteiger partial charge >= 0.3 is 6.09 Å². The molecule has 5 nitrogen and oxygen atoms in total. The van der Waals surface area contributed by atoms with Crippen LogP contribution in [-0.4, -0.2) is 21.2 Å². The third-order valence-electron chi connectivity index (χ3n) is 2.63. The molecule has 0 aliphatic carbocycles. The summed E-state index contributed by atoms with van der Waals surface area (Å²) in [7, 11) is 0. The van der Waals surface area contributed by atoms with Crippen LogP contribution in [0.1, 0.15) is 53.7 Å². The maximum Gasteiger partial charge on any atom is 0.408 e. The molecule has 1 heterocycles. The van der Waals surface area contributed by atoms with Crippen LogP contribution in [-0.2, 0) is 16.8 Å². The fourth-order valence-electron chi connectivity index (χ4n) is 1.88. The minimum absolute atomic E-state index is 0.415. The molecule has 1 rings (SSSR count). The molecule has 19 heavy (non-hydrogen) atoms. The largest absolute Gasteiger partial charge is 0.444 e. The molecule has 0 aliphatic rings. The van der Waals surface area contributed by atoms with Crippen LogP contribution in [0.4, 0.5) is 4.79 Å². The number of nitrogens with zero attached hydrogens (tertiary/aromatic N) is 2. The molecule has 0 fully saturated rings. The molecule has 108 valence electrons. The van der Waals surface area contributed by atoms with Gasteiger partial charge in [0.25, 0.3) is 0 Å². The first-order chi connectivity index (χ1) is 8.65. The third kappa shape index (κ3) is 4.58. The minimum atomic E-state index is -0.520. The number of rotatable bonds is 4. The average molecular weight is 267 g/mol. The molecule has 0 unspecified atom stereocenters. The predicted molar refractivity (Wildman–Crippen MR) is 74.9 cm³/mol. The maximum absolute atomic E-state index is 11.9. The van der Waals surface area contributed by atoms with Gasteiger partial charge in [-0.2, -0.15) is 0 Å². The van der Waals surface area contributed by atoms with Crippen molar-refractivity contribution in [2.75, 3.05) is 0 Å². The first-order valence-electron chi connectivity index (χ1n) is 6.67. The van der Waals surface area contributed by atoms with Gasteiger partial charge in [-0.25, -0.2) is 9.78 Å². The van der Waals surface area contributed by atoms with Crippen LogP contribution >= 0.6 is 0 Å². The van der Waals surface area contributed by atoms with Gasteiger partial charge in [-0.05, 0) is 41.0 Å². The van der Waals surface area contributed by atoms with E-state index in [0.29, 0.717) is 0 Å². The molecule has 0 spiro atoms. The number of hydrogen-bond acceptors (Lipinski definition) is 3. The molecule has 5 heteroatoms. The summed E-state index contributed by atoms with van der Waals surface area (Å²) in [6, 6.07) is 0. The summed E-state index contributed by atoms with van der Waals surface area (Å²) in [5, 5.41) is 2.89. The number of imidazole rings is 1. The van der Waals surface area contributed by atoms with Crippen LogP contribution in [0.25, 0.3) is 0 Å². The molecule has 0 aromatic carbocycles. The molecule has 1 aromatic rings. The zero-order valence-corrected chi connectivity index (χ0v) is 12.8. The minimum Gasteiger partial charge on any atom is -0.444 e. The van der Waals surface area contributed by atoms with Gasteiger partial charge in [0, 0.05) is 6.54 Å². The Labute approximate surface area is 115 Å². The number of nitrogens with one attached hydrogen (secondary N) is 1. The maximum atomic E-state index is 11.9. The number of aryl methyl sites for hydroxylation is 1. The number of hydrogen-bond donors (Lipinski definition) is 1. The molecule has 1 aromatic heterocycles. The molecular weight excluding hydrogens is 242 g/mol. The van der Waals surface area contributed by atoms with E-state index in [1.807, 2.05) is 34.6 Å². The smallest absolute Gasteiger partial charge is 0.408 e. The number of carbonyl (C=O) groups is 1. The number of amides is 1. The zero-order valence-electron chi connectivity index (χ0n) is 12.8. The first-order valence-corrected chi connectivity index (χ1v) is 6.67. The summed E-state index contributed by atoms with van der Waals surface area (Å²) >= 11 is 0. The molecule has 0 radical (unpaired) electrons. The van der Waals surface area contributed by atoms with Crippen molar-refractivity contribution in [1.82, 2.24) is 14.9 Å². The van der Waals surface area contributed by atoms with Crippen molar-refractivity contribution >= 4 is 6.09 Å². The molecule has 1 amide bonds. The highest BCUT2D eigenvalue weighted by Crippen LogP contribution is 2.21. The summed E-state index contributed by atoms with van der Waals surface area (Å²) in [6.07, 6.45) is 4.18. The molecule has 0 aliphatic heterocycles. The van der Waals surface area contributed by atoms with Crippen molar-refractivity contribution in [3.63, 3.8) is 0 Å². The highest BCUT2D eigenvalue weighted by atomic mass is 16.6. The highest BCUT2D eigenvalue weighted by molar-refractivity contribution is 5.68. The van der Waals surface area contributed by atoms with Gasteiger partial charge < -0.3 is 14.6 Å². The second-order valence-corrected chi connectivity index (χ2v) is 6.22. The van der Waals surface area contributed by atoms with Crippen molar-refractivity contribution in [2.24, 2.45) is 0 Å². The molecule has 0 atom stereocenters. The Hall–Kier alpha value is -1.52. The van der Waals surface area contributed by atoms with Crippen LogP contribution < -0.4 is 5.32 Å². The van der Waals surface area contributed by atoms with Crippen LogP contribution in [0.3, 0.4) is 0 Å². The second kappa shape index (κ2) is 5.63. The van der Waals surface area contributed by atoms with E-state index in [4.69, 9.17) is 4.74 Å².